The van der Waals surface area contributed by atoms with Gasteiger partial charge in [0.25, 0.3) is 0 Å². The van der Waals surface area contributed by atoms with Crippen molar-refractivity contribution in [3.63, 3.8) is 0 Å². The van der Waals surface area contributed by atoms with E-state index in [1.165, 1.54) is 6.08 Å². The summed E-state index contributed by atoms with van der Waals surface area (Å²) in [7, 11) is 0. The first-order chi connectivity index (χ1) is 9.15. The Morgan fingerprint density at radius 2 is 2.26 bits per heavy atom. The van der Waals surface area contributed by atoms with Crippen molar-refractivity contribution >= 4 is 18.0 Å². The highest BCUT2D eigenvalue weighted by molar-refractivity contribution is 5.92. The zero-order valence-corrected chi connectivity index (χ0v) is 10.2. The Labute approximate surface area is 110 Å². The van der Waals surface area contributed by atoms with E-state index in [9.17, 15) is 9.59 Å². The fraction of sp³-hybridized carbons (Fsp3) is 0.214. The van der Waals surface area contributed by atoms with Crippen molar-refractivity contribution < 1.29 is 14.7 Å². The number of hydrogen-bond donors (Lipinski definition) is 2. The molecule has 2 rings (SSSR count). The maximum Gasteiger partial charge on any atom is 0.310 e. The number of carbonyl (C=O) groups is 2. The van der Waals surface area contributed by atoms with Gasteiger partial charge in [0.15, 0.2) is 0 Å². The fourth-order valence-electron chi connectivity index (χ4n) is 1.87. The van der Waals surface area contributed by atoms with Crippen LogP contribution < -0.4 is 5.32 Å². The van der Waals surface area contributed by atoms with E-state index < -0.39 is 11.9 Å². The van der Waals surface area contributed by atoms with E-state index in [2.05, 4.69) is 10.3 Å². The standard InChI is InChI=1S/C14H14N2O3/c17-13(6-3-10-2-1-7-15-9-10)16-12-5-4-11(8-12)14(18)19/h1-7,9,11-12H,8H2,(H,16,17)(H,18,19). The van der Waals surface area contributed by atoms with E-state index in [4.69, 9.17) is 5.11 Å². The van der Waals surface area contributed by atoms with Crippen molar-refractivity contribution in [3.05, 3.63) is 48.3 Å². The third kappa shape index (κ3) is 3.77. The van der Waals surface area contributed by atoms with Gasteiger partial charge in [-0.3, -0.25) is 14.6 Å². The van der Waals surface area contributed by atoms with E-state index in [1.807, 2.05) is 6.07 Å². The van der Waals surface area contributed by atoms with Gasteiger partial charge >= 0.3 is 5.97 Å². The van der Waals surface area contributed by atoms with Crippen LogP contribution in [0.3, 0.4) is 0 Å². The van der Waals surface area contributed by atoms with Gasteiger partial charge in [0.2, 0.25) is 5.91 Å². The number of carbonyl (C=O) groups excluding carboxylic acids is 1. The lowest BCUT2D eigenvalue weighted by Gasteiger charge is -2.09. The number of amides is 1. The van der Waals surface area contributed by atoms with Crippen molar-refractivity contribution in [2.45, 2.75) is 12.5 Å². The number of nitrogens with zero attached hydrogens (tertiary/aromatic N) is 1. The van der Waals surface area contributed by atoms with Crippen LogP contribution in [0, 0.1) is 5.92 Å². The van der Waals surface area contributed by atoms with Crippen molar-refractivity contribution in [1.29, 1.82) is 0 Å². The molecule has 2 unspecified atom stereocenters. The van der Waals surface area contributed by atoms with Crippen molar-refractivity contribution in [2.24, 2.45) is 5.92 Å². The van der Waals surface area contributed by atoms with Gasteiger partial charge in [-0.25, -0.2) is 0 Å². The van der Waals surface area contributed by atoms with Gasteiger partial charge in [-0.05, 0) is 24.1 Å². The number of aromatic nitrogens is 1. The van der Waals surface area contributed by atoms with Crippen LogP contribution in [0.4, 0.5) is 0 Å². The second-order valence-corrected chi connectivity index (χ2v) is 4.30. The van der Waals surface area contributed by atoms with E-state index in [1.54, 1.807) is 36.7 Å². The second-order valence-electron chi connectivity index (χ2n) is 4.30. The molecule has 19 heavy (non-hydrogen) atoms. The number of carboxylic acid groups (broad SMARTS) is 1. The monoisotopic (exact) mass is 258 g/mol. The SMILES string of the molecule is O=C(C=Cc1cccnc1)NC1C=CC(C(=O)O)C1. The number of rotatable bonds is 4. The lowest BCUT2D eigenvalue weighted by molar-refractivity contribution is -0.140. The van der Waals surface area contributed by atoms with Crippen LogP contribution in [0.25, 0.3) is 6.08 Å². The van der Waals surface area contributed by atoms with Gasteiger partial charge in [-0.1, -0.05) is 18.2 Å². The summed E-state index contributed by atoms with van der Waals surface area (Å²) in [4.78, 5) is 26.3. The molecule has 1 aromatic rings. The summed E-state index contributed by atoms with van der Waals surface area (Å²) in [6, 6.07) is 3.41. The second kappa shape index (κ2) is 5.95. The molecule has 0 aliphatic heterocycles. The molecular weight excluding hydrogens is 244 g/mol. The average Bonchev–Trinajstić information content (AvgIpc) is 2.86. The average molecular weight is 258 g/mol. The normalized spacial score (nSPS) is 21.7. The Morgan fingerprint density at radius 1 is 1.42 bits per heavy atom. The fourth-order valence-corrected chi connectivity index (χ4v) is 1.87. The van der Waals surface area contributed by atoms with Crippen molar-refractivity contribution in [1.82, 2.24) is 10.3 Å². The summed E-state index contributed by atoms with van der Waals surface area (Å²) >= 11 is 0. The Balaban J connectivity index is 1.85. The number of hydrogen-bond acceptors (Lipinski definition) is 3. The molecular formula is C14H14N2O3. The zero-order chi connectivity index (χ0) is 13.7. The lowest BCUT2D eigenvalue weighted by Crippen LogP contribution is -2.31. The molecule has 0 fully saturated rings. The summed E-state index contributed by atoms with van der Waals surface area (Å²) in [5, 5.41) is 11.6. The smallest absolute Gasteiger partial charge is 0.310 e. The Bertz CT molecular complexity index is 523. The van der Waals surface area contributed by atoms with Gasteiger partial charge in [0.05, 0.1) is 5.92 Å². The van der Waals surface area contributed by atoms with Gasteiger partial charge < -0.3 is 10.4 Å². The van der Waals surface area contributed by atoms with Gasteiger partial charge in [-0.15, -0.1) is 0 Å². The number of nitrogens with one attached hydrogen (secondary N) is 1. The van der Waals surface area contributed by atoms with Crippen LogP contribution in [0.2, 0.25) is 0 Å². The Morgan fingerprint density at radius 3 is 2.89 bits per heavy atom. The molecule has 1 amide bonds. The minimum atomic E-state index is -0.862. The predicted molar refractivity (Wildman–Crippen MR) is 70.1 cm³/mol. The molecule has 98 valence electrons. The minimum Gasteiger partial charge on any atom is -0.481 e. The first-order valence-electron chi connectivity index (χ1n) is 5.95. The molecule has 1 aromatic heterocycles. The third-order valence-electron chi connectivity index (χ3n) is 2.84. The molecule has 5 nitrogen and oxygen atoms in total. The lowest BCUT2D eigenvalue weighted by atomic mass is 10.1. The molecule has 1 heterocycles. The van der Waals surface area contributed by atoms with Gasteiger partial charge in [-0.2, -0.15) is 0 Å². The highest BCUT2D eigenvalue weighted by Gasteiger charge is 2.24. The predicted octanol–water partition coefficient (Wildman–Crippen LogP) is 1.24. The number of pyridine rings is 1. The largest absolute Gasteiger partial charge is 0.481 e. The highest BCUT2D eigenvalue weighted by atomic mass is 16.4. The minimum absolute atomic E-state index is 0.216. The highest BCUT2D eigenvalue weighted by Crippen LogP contribution is 2.17. The van der Waals surface area contributed by atoms with Crippen LogP contribution in [0.5, 0.6) is 0 Å². The summed E-state index contributed by atoms with van der Waals surface area (Å²) in [5.74, 6) is -1.61. The topological polar surface area (TPSA) is 79.3 Å². The molecule has 2 atom stereocenters. The van der Waals surface area contributed by atoms with Crippen molar-refractivity contribution in [3.8, 4) is 0 Å². The molecule has 0 radical (unpaired) electrons. The van der Waals surface area contributed by atoms with Gasteiger partial charge in [0, 0.05) is 24.5 Å². The summed E-state index contributed by atoms with van der Waals surface area (Å²) in [6.45, 7) is 0. The zero-order valence-electron chi connectivity index (χ0n) is 10.2. The number of aliphatic carboxylic acids is 1. The molecule has 0 saturated heterocycles. The quantitative estimate of drug-likeness (QED) is 0.629. The molecule has 1 aliphatic rings. The van der Waals surface area contributed by atoms with Crippen LogP contribution in [0.1, 0.15) is 12.0 Å². The summed E-state index contributed by atoms with van der Waals surface area (Å²) < 4.78 is 0. The molecule has 5 heteroatoms. The van der Waals surface area contributed by atoms with E-state index in [0.29, 0.717) is 6.42 Å². The third-order valence-corrected chi connectivity index (χ3v) is 2.84. The maximum atomic E-state index is 11.6. The molecule has 0 saturated carbocycles. The maximum absolute atomic E-state index is 11.6. The first-order valence-corrected chi connectivity index (χ1v) is 5.95. The van der Waals surface area contributed by atoms with Crippen LogP contribution in [-0.4, -0.2) is 28.0 Å². The molecule has 0 bridgehead atoms. The van der Waals surface area contributed by atoms with Crippen LogP contribution in [-0.2, 0) is 9.59 Å². The molecule has 0 spiro atoms. The Hall–Kier alpha value is -2.43. The van der Waals surface area contributed by atoms with E-state index in [-0.39, 0.29) is 11.9 Å². The van der Waals surface area contributed by atoms with Crippen LogP contribution in [0.15, 0.2) is 42.8 Å². The molecule has 1 aliphatic carbocycles. The van der Waals surface area contributed by atoms with Gasteiger partial charge in [0.1, 0.15) is 0 Å². The Kier molecular flexibility index (Phi) is 4.07. The molecule has 0 aromatic carbocycles. The van der Waals surface area contributed by atoms with Crippen molar-refractivity contribution in [2.75, 3.05) is 0 Å². The van der Waals surface area contributed by atoms with E-state index in [0.717, 1.165) is 5.56 Å². The number of carboxylic acids is 1. The summed E-state index contributed by atoms with van der Waals surface area (Å²) in [6.07, 6.45) is 10.1. The first kappa shape index (κ1) is 13.0. The van der Waals surface area contributed by atoms with Crippen LogP contribution >= 0.6 is 0 Å². The molecule has 2 N–H and O–H groups in total. The van der Waals surface area contributed by atoms with E-state index >= 15 is 0 Å². The summed E-state index contributed by atoms with van der Waals surface area (Å²) in [5.41, 5.74) is 0.836.